The van der Waals surface area contributed by atoms with E-state index in [2.05, 4.69) is 16.7 Å². The van der Waals surface area contributed by atoms with Gasteiger partial charge in [0.2, 0.25) is 11.8 Å². The van der Waals surface area contributed by atoms with Crippen LogP contribution in [0, 0.1) is 0 Å². The fraction of sp³-hybridized carbons (Fsp3) is 0.500. The molecule has 2 N–H and O–H groups in total. The first-order valence-corrected chi connectivity index (χ1v) is 7.62. The predicted molar refractivity (Wildman–Crippen MR) is 88.4 cm³/mol. The molecule has 5 nitrogen and oxygen atoms in total. The first-order valence-electron chi connectivity index (χ1n) is 7.62. The Hall–Kier alpha value is -1.59. The average molecular weight is 324 g/mol. The van der Waals surface area contributed by atoms with E-state index in [4.69, 9.17) is 0 Å². The Labute approximate surface area is 136 Å². The summed E-state index contributed by atoms with van der Waals surface area (Å²) >= 11 is 0. The van der Waals surface area contributed by atoms with Gasteiger partial charge < -0.3 is 15.5 Å². The summed E-state index contributed by atoms with van der Waals surface area (Å²) in [5.74, 6) is 0.142. The smallest absolute Gasteiger partial charge is 0.227 e. The lowest BCUT2D eigenvalue weighted by atomic mass is 10.0. The predicted octanol–water partition coefficient (Wildman–Crippen LogP) is 1.26. The van der Waals surface area contributed by atoms with Crippen LogP contribution in [0.2, 0.25) is 0 Å². The van der Waals surface area contributed by atoms with E-state index < -0.39 is 0 Å². The molecule has 0 aromatic heterocycles. The highest BCUT2D eigenvalue weighted by molar-refractivity contribution is 5.97. The van der Waals surface area contributed by atoms with Crippen molar-refractivity contribution in [3.8, 4) is 0 Å². The van der Waals surface area contributed by atoms with E-state index in [1.807, 2.05) is 18.2 Å². The Morgan fingerprint density at radius 1 is 1.32 bits per heavy atom. The molecule has 2 aliphatic heterocycles. The number of fused-ring (bicyclic) bond motifs is 1. The van der Waals surface area contributed by atoms with Gasteiger partial charge in [0.15, 0.2) is 0 Å². The number of halogens is 1. The van der Waals surface area contributed by atoms with Crippen LogP contribution in [0.5, 0.6) is 0 Å². The molecule has 1 fully saturated rings. The molecule has 3 rings (SSSR count). The van der Waals surface area contributed by atoms with Crippen molar-refractivity contribution in [2.75, 3.05) is 24.5 Å². The number of rotatable bonds is 4. The lowest BCUT2D eigenvalue weighted by Gasteiger charge is -2.29. The summed E-state index contributed by atoms with van der Waals surface area (Å²) in [5.41, 5.74) is 2.15. The van der Waals surface area contributed by atoms with Crippen molar-refractivity contribution in [1.29, 1.82) is 0 Å². The summed E-state index contributed by atoms with van der Waals surface area (Å²) in [6.45, 7) is 2.27. The largest absolute Gasteiger partial charge is 0.352 e. The second-order valence-corrected chi connectivity index (χ2v) is 5.68. The molecule has 1 aromatic carbocycles. The normalized spacial score (nSPS) is 20.3. The highest BCUT2D eigenvalue weighted by Crippen LogP contribution is 2.27. The molecular formula is C16H22ClN3O2. The minimum atomic E-state index is 0. The van der Waals surface area contributed by atoms with Crippen LogP contribution >= 0.6 is 12.4 Å². The number of aryl methyl sites for hydroxylation is 1. The van der Waals surface area contributed by atoms with Crippen molar-refractivity contribution in [2.24, 2.45) is 0 Å². The standard InChI is InChI=1S/C16H21N3O2.ClH/c20-15(18-13-7-9-17-11-13)8-10-19-14-4-2-1-3-12(14)5-6-16(19)21;/h1-4,13,17H,5-11H2,(H,18,20);1H. The highest BCUT2D eigenvalue weighted by Gasteiger charge is 2.24. The lowest BCUT2D eigenvalue weighted by molar-refractivity contribution is -0.121. The molecule has 2 amide bonds. The summed E-state index contributed by atoms with van der Waals surface area (Å²) in [7, 11) is 0. The summed E-state index contributed by atoms with van der Waals surface area (Å²) in [6, 6.07) is 8.19. The number of carbonyl (C=O) groups excluding carboxylic acids is 2. The Balaban J connectivity index is 0.00000176. The maximum absolute atomic E-state index is 12.1. The molecule has 6 heteroatoms. The average Bonchev–Trinajstić information content (AvgIpc) is 2.99. The van der Waals surface area contributed by atoms with Gasteiger partial charge in [0.25, 0.3) is 0 Å². The number of hydrogen-bond acceptors (Lipinski definition) is 3. The van der Waals surface area contributed by atoms with Crippen molar-refractivity contribution in [1.82, 2.24) is 10.6 Å². The molecule has 120 valence electrons. The molecule has 0 radical (unpaired) electrons. The van der Waals surface area contributed by atoms with E-state index >= 15 is 0 Å². The second kappa shape index (κ2) is 7.61. The number of anilines is 1. The van der Waals surface area contributed by atoms with Crippen LogP contribution in [0.4, 0.5) is 5.69 Å². The van der Waals surface area contributed by atoms with Crippen LogP contribution in [0.3, 0.4) is 0 Å². The van der Waals surface area contributed by atoms with Crippen molar-refractivity contribution >= 4 is 29.9 Å². The monoisotopic (exact) mass is 323 g/mol. The van der Waals surface area contributed by atoms with E-state index in [0.29, 0.717) is 19.4 Å². The zero-order chi connectivity index (χ0) is 14.7. The minimum absolute atomic E-state index is 0. The number of benzene rings is 1. The van der Waals surface area contributed by atoms with E-state index in [1.165, 1.54) is 5.56 Å². The Bertz CT molecular complexity index is 544. The zero-order valence-electron chi connectivity index (χ0n) is 12.5. The van der Waals surface area contributed by atoms with Gasteiger partial charge in [-0.05, 0) is 31.0 Å². The van der Waals surface area contributed by atoms with Crippen molar-refractivity contribution < 1.29 is 9.59 Å². The molecule has 1 aromatic rings. The Morgan fingerprint density at radius 2 is 2.14 bits per heavy atom. The van der Waals surface area contributed by atoms with Crippen LogP contribution in [0.15, 0.2) is 24.3 Å². The van der Waals surface area contributed by atoms with Crippen molar-refractivity contribution in [3.05, 3.63) is 29.8 Å². The van der Waals surface area contributed by atoms with Crippen LogP contribution in [0.1, 0.15) is 24.8 Å². The Morgan fingerprint density at radius 3 is 2.91 bits per heavy atom. The first kappa shape index (κ1) is 16.8. The van der Waals surface area contributed by atoms with Gasteiger partial charge in [-0.15, -0.1) is 12.4 Å². The van der Waals surface area contributed by atoms with Crippen LogP contribution < -0.4 is 15.5 Å². The van der Waals surface area contributed by atoms with Gasteiger partial charge >= 0.3 is 0 Å². The summed E-state index contributed by atoms with van der Waals surface area (Å²) < 4.78 is 0. The number of para-hydroxylation sites is 1. The van der Waals surface area contributed by atoms with Gasteiger partial charge in [0.05, 0.1) is 0 Å². The molecule has 22 heavy (non-hydrogen) atoms. The van der Waals surface area contributed by atoms with Crippen LogP contribution in [-0.4, -0.2) is 37.5 Å². The molecule has 2 heterocycles. The number of nitrogens with zero attached hydrogens (tertiary/aromatic N) is 1. The molecule has 1 atom stereocenters. The fourth-order valence-corrected chi connectivity index (χ4v) is 3.03. The van der Waals surface area contributed by atoms with E-state index in [-0.39, 0.29) is 30.3 Å². The zero-order valence-corrected chi connectivity index (χ0v) is 13.3. The van der Waals surface area contributed by atoms with Gasteiger partial charge in [-0.1, -0.05) is 18.2 Å². The molecule has 1 saturated heterocycles. The SMILES string of the molecule is Cl.O=C(CCN1C(=O)CCc2ccccc21)NC1CCNC1. The summed E-state index contributed by atoms with van der Waals surface area (Å²) in [4.78, 5) is 25.8. The topological polar surface area (TPSA) is 61.4 Å². The van der Waals surface area contributed by atoms with Crippen LogP contribution in [0.25, 0.3) is 0 Å². The minimum Gasteiger partial charge on any atom is -0.352 e. The molecule has 0 saturated carbocycles. The number of nitrogens with one attached hydrogen (secondary N) is 2. The van der Waals surface area contributed by atoms with Crippen molar-refractivity contribution in [3.63, 3.8) is 0 Å². The van der Waals surface area contributed by atoms with E-state index in [1.54, 1.807) is 4.90 Å². The van der Waals surface area contributed by atoms with E-state index in [9.17, 15) is 9.59 Å². The van der Waals surface area contributed by atoms with Gasteiger partial charge in [0, 0.05) is 37.7 Å². The fourth-order valence-electron chi connectivity index (χ4n) is 3.03. The molecule has 0 bridgehead atoms. The maximum Gasteiger partial charge on any atom is 0.227 e. The third-order valence-electron chi connectivity index (χ3n) is 4.18. The van der Waals surface area contributed by atoms with Crippen molar-refractivity contribution in [2.45, 2.75) is 31.7 Å². The number of carbonyl (C=O) groups is 2. The number of hydrogen-bond donors (Lipinski definition) is 2. The third-order valence-corrected chi connectivity index (χ3v) is 4.18. The molecule has 0 spiro atoms. The second-order valence-electron chi connectivity index (χ2n) is 5.68. The van der Waals surface area contributed by atoms with Gasteiger partial charge in [-0.3, -0.25) is 9.59 Å². The molecule has 0 aliphatic carbocycles. The first-order chi connectivity index (χ1) is 10.2. The summed E-state index contributed by atoms with van der Waals surface area (Å²) in [5, 5.41) is 6.24. The van der Waals surface area contributed by atoms with Crippen LogP contribution in [-0.2, 0) is 16.0 Å². The van der Waals surface area contributed by atoms with Gasteiger partial charge in [-0.25, -0.2) is 0 Å². The number of amides is 2. The van der Waals surface area contributed by atoms with Gasteiger partial charge in [-0.2, -0.15) is 0 Å². The quantitative estimate of drug-likeness (QED) is 0.877. The van der Waals surface area contributed by atoms with Gasteiger partial charge in [0.1, 0.15) is 0 Å². The summed E-state index contributed by atoms with van der Waals surface area (Å²) in [6.07, 6.45) is 2.67. The van der Waals surface area contributed by atoms with E-state index in [0.717, 1.165) is 31.6 Å². The maximum atomic E-state index is 12.1. The molecule has 1 unspecified atom stereocenters. The lowest BCUT2D eigenvalue weighted by Crippen LogP contribution is -2.41. The molecular weight excluding hydrogens is 302 g/mol. The third kappa shape index (κ3) is 3.78. The molecule has 2 aliphatic rings. The Kier molecular flexibility index (Phi) is 5.80. The highest BCUT2D eigenvalue weighted by atomic mass is 35.5.